The van der Waals surface area contributed by atoms with E-state index in [9.17, 15) is 9.18 Å². The zero-order chi connectivity index (χ0) is 14.2. The number of carbonyl (C=O) groups excluding carboxylic acids is 1. The second-order valence-electron chi connectivity index (χ2n) is 4.59. The predicted molar refractivity (Wildman–Crippen MR) is 73.7 cm³/mol. The van der Waals surface area contributed by atoms with E-state index in [-0.39, 0.29) is 28.1 Å². The first-order chi connectivity index (χ1) is 8.89. The van der Waals surface area contributed by atoms with Crippen LogP contribution in [0.15, 0.2) is 24.8 Å². The number of nitrogens with two attached hydrogens (primary N) is 1. The number of halogens is 3. The van der Waals surface area contributed by atoms with Crippen molar-refractivity contribution in [2.24, 2.45) is 5.73 Å². The quantitative estimate of drug-likeness (QED) is 0.674. The standard InChI is InChI=1S/C13H13Cl2FN2O/c1-2-10(19)18-6-5-13(17,7-18)11-9(16)4-3-8(14)12(11)15/h2-4H,1,5-7,17H2. The normalized spacial score (nSPS) is 22.6. The molecule has 3 nitrogen and oxygen atoms in total. The van der Waals surface area contributed by atoms with Gasteiger partial charge in [-0.3, -0.25) is 4.79 Å². The van der Waals surface area contributed by atoms with E-state index in [0.717, 1.165) is 0 Å². The van der Waals surface area contributed by atoms with E-state index in [4.69, 9.17) is 28.9 Å². The van der Waals surface area contributed by atoms with E-state index in [1.54, 1.807) is 0 Å². The van der Waals surface area contributed by atoms with Crippen LogP contribution in [-0.2, 0) is 10.3 Å². The maximum absolute atomic E-state index is 14.0. The summed E-state index contributed by atoms with van der Waals surface area (Å²) in [6.07, 6.45) is 1.63. The van der Waals surface area contributed by atoms with Gasteiger partial charge in [0.15, 0.2) is 0 Å². The van der Waals surface area contributed by atoms with Crippen LogP contribution >= 0.6 is 23.2 Å². The molecule has 1 aliphatic heterocycles. The summed E-state index contributed by atoms with van der Waals surface area (Å²) in [6, 6.07) is 2.61. The molecule has 2 rings (SSSR count). The van der Waals surface area contributed by atoms with Crippen molar-refractivity contribution >= 4 is 29.1 Å². The highest BCUT2D eigenvalue weighted by Crippen LogP contribution is 2.39. The maximum atomic E-state index is 14.0. The fraction of sp³-hybridized carbons (Fsp3) is 0.308. The molecule has 0 saturated carbocycles. The number of carbonyl (C=O) groups is 1. The lowest BCUT2D eigenvalue weighted by Crippen LogP contribution is -2.41. The highest BCUT2D eigenvalue weighted by atomic mass is 35.5. The molecule has 1 aromatic carbocycles. The van der Waals surface area contributed by atoms with E-state index in [1.165, 1.54) is 23.1 Å². The number of benzene rings is 1. The van der Waals surface area contributed by atoms with Crippen molar-refractivity contribution in [3.05, 3.63) is 46.2 Å². The lowest BCUT2D eigenvalue weighted by molar-refractivity contribution is -0.125. The van der Waals surface area contributed by atoms with Gasteiger partial charge in [0.05, 0.1) is 15.6 Å². The third-order valence-corrected chi connectivity index (χ3v) is 4.13. The topological polar surface area (TPSA) is 46.3 Å². The largest absolute Gasteiger partial charge is 0.337 e. The first-order valence-electron chi connectivity index (χ1n) is 5.73. The Labute approximate surface area is 120 Å². The van der Waals surface area contributed by atoms with Crippen LogP contribution in [0.25, 0.3) is 0 Å². The Morgan fingerprint density at radius 1 is 1.53 bits per heavy atom. The molecule has 1 atom stereocenters. The average Bonchev–Trinajstić information content (AvgIpc) is 2.77. The molecule has 1 aliphatic rings. The summed E-state index contributed by atoms with van der Waals surface area (Å²) < 4.78 is 14.0. The van der Waals surface area contributed by atoms with Crippen molar-refractivity contribution < 1.29 is 9.18 Å². The van der Waals surface area contributed by atoms with Gasteiger partial charge in [0.1, 0.15) is 5.82 Å². The minimum atomic E-state index is -1.02. The average molecular weight is 303 g/mol. The number of rotatable bonds is 2. The minimum Gasteiger partial charge on any atom is -0.337 e. The van der Waals surface area contributed by atoms with Crippen LogP contribution in [0.4, 0.5) is 4.39 Å². The van der Waals surface area contributed by atoms with E-state index in [1.807, 2.05) is 0 Å². The monoisotopic (exact) mass is 302 g/mol. The van der Waals surface area contributed by atoms with Crippen LogP contribution in [0, 0.1) is 5.82 Å². The van der Waals surface area contributed by atoms with Crippen LogP contribution in [0.1, 0.15) is 12.0 Å². The van der Waals surface area contributed by atoms with Crippen molar-refractivity contribution in [2.45, 2.75) is 12.0 Å². The molecular formula is C13H13Cl2FN2O. The molecule has 0 aliphatic carbocycles. The van der Waals surface area contributed by atoms with Gasteiger partial charge in [0, 0.05) is 18.7 Å². The van der Waals surface area contributed by atoms with Gasteiger partial charge in [-0.15, -0.1) is 0 Å². The van der Waals surface area contributed by atoms with Gasteiger partial charge in [0.2, 0.25) is 5.91 Å². The number of hydrogen-bond donors (Lipinski definition) is 1. The molecule has 19 heavy (non-hydrogen) atoms. The lowest BCUT2D eigenvalue weighted by Gasteiger charge is -2.26. The summed E-state index contributed by atoms with van der Waals surface area (Å²) >= 11 is 12.0. The van der Waals surface area contributed by atoms with E-state index in [2.05, 4.69) is 6.58 Å². The Balaban J connectivity index is 2.40. The van der Waals surface area contributed by atoms with Crippen molar-refractivity contribution in [1.29, 1.82) is 0 Å². The van der Waals surface area contributed by atoms with Gasteiger partial charge in [0.25, 0.3) is 0 Å². The molecule has 1 unspecified atom stereocenters. The zero-order valence-corrected chi connectivity index (χ0v) is 11.6. The molecule has 0 bridgehead atoms. The first-order valence-corrected chi connectivity index (χ1v) is 6.49. The van der Waals surface area contributed by atoms with Gasteiger partial charge in [-0.25, -0.2) is 4.39 Å². The first kappa shape index (κ1) is 14.3. The van der Waals surface area contributed by atoms with Crippen LogP contribution in [0.5, 0.6) is 0 Å². The van der Waals surface area contributed by atoms with E-state index in [0.29, 0.717) is 13.0 Å². The summed E-state index contributed by atoms with van der Waals surface area (Å²) in [5, 5.41) is 0.355. The van der Waals surface area contributed by atoms with E-state index >= 15 is 0 Å². The molecule has 6 heteroatoms. The van der Waals surface area contributed by atoms with Gasteiger partial charge in [-0.2, -0.15) is 0 Å². The summed E-state index contributed by atoms with van der Waals surface area (Å²) in [5.41, 5.74) is 5.37. The Morgan fingerprint density at radius 3 is 2.84 bits per heavy atom. The predicted octanol–water partition coefficient (Wildman–Crippen LogP) is 2.70. The Kier molecular flexibility index (Phi) is 3.85. The van der Waals surface area contributed by atoms with Crippen LogP contribution in [-0.4, -0.2) is 23.9 Å². The number of hydrogen-bond acceptors (Lipinski definition) is 2. The number of likely N-dealkylation sites (tertiary alicyclic amines) is 1. The third kappa shape index (κ3) is 2.48. The van der Waals surface area contributed by atoms with Crippen LogP contribution in [0.2, 0.25) is 10.0 Å². The molecule has 1 saturated heterocycles. The molecule has 0 radical (unpaired) electrons. The maximum Gasteiger partial charge on any atom is 0.246 e. The summed E-state index contributed by atoms with van der Waals surface area (Å²) in [7, 11) is 0. The molecule has 0 aromatic heterocycles. The molecular weight excluding hydrogens is 290 g/mol. The molecule has 1 heterocycles. The lowest BCUT2D eigenvalue weighted by atomic mass is 9.89. The molecule has 2 N–H and O–H groups in total. The Bertz CT molecular complexity index is 550. The van der Waals surface area contributed by atoms with Crippen molar-refractivity contribution in [1.82, 2.24) is 4.90 Å². The van der Waals surface area contributed by atoms with Gasteiger partial charge >= 0.3 is 0 Å². The van der Waals surface area contributed by atoms with Gasteiger partial charge in [-0.05, 0) is 24.6 Å². The molecule has 1 fully saturated rings. The second kappa shape index (κ2) is 5.12. The van der Waals surface area contributed by atoms with Crippen molar-refractivity contribution in [3.63, 3.8) is 0 Å². The SMILES string of the molecule is C=CC(=O)N1CCC(N)(c2c(F)ccc(Cl)c2Cl)C1. The molecule has 1 amide bonds. The van der Waals surface area contributed by atoms with Crippen LogP contribution < -0.4 is 5.73 Å². The number of nitrogens with zero attached hydrogens (tertiary/aromatic N) is 1. The van der Waals surface area contributed by atoms with Gasteiger partial charge in [-0.1, -0.05) is 29.8 Å². The molecule has 1 aromatic rings. The second-order valence-corrected chi connectivity index (χ2v) is 5.37. The number of amides is 1. The van der Waals surface area contributed by atoms with Gasteiger partial charge < -0.3 is 10.6 Å². The highest BCUT2D eigenvalue weighted by molar-refractivity contribution is 6.42. The Hall–Kier alpha value is -1.10. The summed E-state index contributed by atoms with van der Waals surface area (Å²) in [6.45, 7) is 4.05. The highest BCUT2D eigenvalue weighted by Gasteiger charge is 2.41. The molecule has 102 valence electrons. The van der Waals surface area contributed by atoms with Crippen molar-refractivity contribution in [3.8, 4) is 0 Å². The van der Waals surface area contributed by atoms with E-state index < -0.39 is 11.4 Å². The summed E-state index contributed by atoms with van der Waals surface area (Å²) in [4.78, 5) is 13.1. The fourth-order valence-corrected chi connectivity index (χ4v) is 2.84. The minimum absolute atomic E-state index is 0.108. The smallest absolute Gasteiger partial charge is 0.246 e. The Morgan fingerprint density at radius 2 is 2.21 bits per heavy atom. The fourth-order valence-electron chi connectivity index (χ4n) is 2.34. The summed E-state index contributed by atoms with van der Waals surface area (Å²) in [5.74, 6) is -0.740. The molecule has 0 spiro atoms. The third-order valence-electron chi connectivity index (χ3n) is 3.33. The van der Waals surface area contributed by atoms with Crippen molar-refractivity contribution in [2.75, 3.05) is 13.1 Å². The van der Waals surface area contributed by atoms with Crippen LogP contribution in [0.3, 0.4) is 0 Å². The zero-order valence-electron chi connectivity index (χ0n) is 10.1.